The molecule has 0 radical (unpaired) electrons. The van der Waals surface area contributed by atoms with Crippen LogP contribution in [0.3, 0.4) is 0 Å². The Hall–Kier alpha value is -1.49. The highest BCUT2D eigenvalue weighted by molar-refractivity contribution is 9.10. The van der Waals surface area contributed by atoms with Crippen LogP contribution in [0.1, 0.15) is 5.56 Å². The predicted molar refractivity (Wildman–Crippen MR) is 81.8 cm³/mol. The van der Waals surface area contributed by atoms with Gasteiger partial charge >= 0.3 is 0 Å². The minimum absolute atomic E-state index is 0.00874. The van der Waals surface area contributed by atoms with Crippen LogP contribution < -0.4 is 16.0 Å². The minimum atomic E-state index is -3.70. The van der Waals surface area contributed by atoms with E-state index in [0.29, 0.717) is 10.9 Å². The third kappa shape index (κ3) is 4.00. The fraction of sp³-hybridized carbons (Fsp3) is 0.273. The molecule has 0 atom stereocenters. The average Bonchev–Trinajstić information content (AvgIpc) is 2.84. The predicted octanol–water partition coefficient (Wildman–Crippen LogP) is 0.384. The summed E-state index contributed by atoms with van der Waals surface area (Å²) in [4.78, 5) is 3.91. The monoisotopic (exact) mass is 374 g/mol. The fourth-order valence-corrected chi connectivity index (χ4v) is 3.40. The Balaban J connectivity index is 2.09. The second kappa shape index (κ2) is 6.52. The zero-order valence-corrected chi connectivity index (χ0v) is 13.6. The first-order chi connectivity index (χ1) is 9.92. The van der Waals surface area contributed by atoms with Gasteiger partial charge in [-0.25, -0.2) is 24.0 Å². The van der Waals surface area contributed by atoms with Gasteiger partial charge in [-0.1, -0.05) is 0 Å². The molecular weight excluding hydrogens is 360 g/mol. The molecule has 10 heteroatoms. The van der Waals surface area contributed by atoms with E-state index in [1.807, 2.05) is 6.20 Å². The Labute approximate surface area is 130 Å². The van der Waals surface area contributed by atoms with Crippen molar-refractivity contribution in [1.29, 1.82) is 0 Å². The Morgan fingerprint density at radius 3 is 2.81 bits per heavy atom. The van der Waals surface area contributed by atoms with Crippen LogP contribution in [0.5, 0.6) is 0 Å². The molecule has 2 aromatic rings. The first kappa shape index (κ1) is 15.9. The molecule has 0 spiro atoms. The van der Waals surface area contributed by atoms with Crippen LogP contribution in [-0.2, 0) is 23.5 Å². The van der Waals surface area contributed by atoms with Gasteiger partial charge in [0.1, 0.15) is 4.90 Å². The van der Waals surface area contributed by atoms with Crippen LogP contribution in [-0.4, -0.2) is 29.7 Å². The van der Waals surface area contributed by atoms with E-state index in [-0.39, 0.29) is 17.3 Å². The molecule has 0 aromatic carbocycles. The Bertz CT molecular complexity index is 730. The third-order valence-corrected chi connectivity index (χ3v) is 4.62. The number of halogens is 1. The smallest absolute Gasteiger partial charge is 0.244 e. The number of anilines is 1. The third-order valence-electron chi connectivity index (χ3n) is 2.71. The molecule has 114 valence electrons. The molecule has 0 amide bonds. The summed E-state index contributed by atoms with van der Waals surface area (Å²) in [6.07, 6.45) is 5.54. The number of pyridine rings is 1. The number of sulfonamides is 1. The number of nitrogen functional groups attached to an aromatic ring is 1. The SMILES string of the molecule is Cn1cc(CCNS(=O)(=O)c2cc(Br)cnc2NN)cn1. The van der Waals surface area contributed by atoms with Crippen LogP contribution in [0.4, 0.5) is 5.82 Å². The first-order valence-corrected chi connectivity index (χ1v) is 8.29. The van der Waals surface area contributed by atoms with Crippen LogP contribution in [0.25, 0.3) is 0 Å². The number of nitrogens with zero attached hydrogens (tertiary/aromatic N) is 3. The molecule has 0 fully saturated rings. The van der Waals surface area contributed by atoms with Crippen LogP contribution >= 0.6 is 15.9 Å². The van der Waals surface area contributed by atoms with Gasteiger partial charge in [-0.05, 0) is 34.0 Å². The Kier molecular flexibility index (Phi) is 4.93. The first-order valence-electron chi connectivity index (χ1n) is 6.02. The molecule has 0 saturated carbocycles. The molecule has 8 nitrogen and oxygen atoms in total. The number of nitrogens with two attached hydrogens (primary N) is 1. The van der Waals surface area contributed by atoms with Crippen molar-refractivity contribution in [3.63, 3.8) is 0 Å². The molecule has 0 aliphatic rings. The minimum Gasteiger partial charge on any atom is -0.307 e. The maximum Gasteiger partial charge on any atom is 0.244 e. The number of aromatic nitrogens is 3. The van der Waals surface area contributed by atoms with Crippen molar-refractivity contribution in [3.8, 4) is 0 Å². The largest absolute Gasteiger partial charge is 0.307 e. The van der Waals surface area contributed by atoms with Gasteiger partial charge in [-0.15, -0.1) is 0 Å². The second-order valence-corrected chi connectivity index (χ2v) is 6.97. The zero-order valence-electron chi connectivity index (χ0n) is 11.2. The van der Waals surface area contributed by atoms with E-state index in [1.165, 1.54) is 12.3 Å². The Morgan fingerprint density at radius 2 is 2.19 bits per heavy atom. The topological polar surface area (TPSA) is 115 Å². The summed E-state index contributed by atoms with van der Waals surface area (Å²) in [7, 11) is -1.90. The van der Waals surface area contributed by atoms with E-state index in [2.05, 4.69) is 36.2 Å². The van der Waals surface area contributed by atoms with Crippen molar-refractivity contribution < 1.29 is 8.42 Å². The summed E-state index contributed by atoms with van der Waals surface area (Å²) < 4.78 is 29.3. The lowest BCUT2D eigenvalue weighted by molar-refractivity contribution is 0.581. The fourth-order valence-electron chi connectivity index (χ4n) is 1.74. The normalized spacial score (nSPS) is 11.6. The Morgan fingerprint density at radius 1 is 1.43 bits per heavy atom. The van der Waals surface area contributed by atoms with E-state index >= 15 is 0 Å². The van der Waals surface area contributed by atoms with Gasteiger partial charge in [0.25, 0.3) is 0 Å². The van der Waals surface area contributed by atoms with E-state index in [0.717, 1.165) is 5.56 Å². The summed E-state index contributed by atoms with van der Waals surface area (Å²) >= 11 is 3.19. The highest BCUT2D eigenvalue weighted by Crippen LogP contribution is 2.21. The van der Waals surface area contributed by atoms with E-state index < -0.39 is 10.0 Å². The van der Waals surface area contributed by atoms with Gasteiger partial charge in [0, 0.05) is 30.5 Å². The number of rotatable bonds is 6. The van der Waals surface area contributed by atoms with Crippen molar-refractivity contribution in [2.24, 2.45) is 12.9 Å². The summed E-state index contributed by atoms with van der Waals surface area (Å²) in [5.74, 6) is 5.38. The zero-order chi connectivity index (χ0) is 15.5. The summed E-state index contributed by atoms with van der Waals surface area (Å²) in [5.41, 5.74) is 3.22. The number of hydrazine groups is 1. The summed E-state index contributed by atoms with van der Waals surface area (Å²) in [5, 5.41) is 4.03. The standard InChI is InChI=1S/C11H15BrN6O2S/c1-18-7-8(5-15-18)2-3-16-21(19,20)10-4-9(12)6-14-11(10)17-13/h4-7,16H,2-3,13H2,1H3,(H,14,17). The van der Waals surface area contributed by atoms with Gasteiger partial charge in [-0.2, -0.15) is 5.10 Å². The molecule has 2 rings (SSSR count). The van der Waals surface area contributed by atoms with Crippen LogP contribution in [0.15, 0.2) is 34.0 Å². The molecule has 0 unspecified atom stereocenters. The molecular formula is C11H15BrN6O2S. The lowest BCUT2D eigenvalue weighted by Crippen LogP contribution is -2.27. The van der Waals surface area contributed by atoms with Gasteiger partial charge < -0.3 is 5.43 Å². The van der Waals surface area contributed by atoms with E-state index in [1.54, 1.807) is 17.9 Å². The molecule has 0 aliphatic carbocycles. The van der Waals surface area contributed by atoms with Crippen molar-refractivity contribution >= 4 is 31.8 Å². The van der Waals surface area contributed by atoms with Crippen molar-refractivity contribution in [1.82, 2.24) is 19.5 Å². The van der Waals surface area contributed by atoms with E-state index in [4.69, 9.17) is 5.84 Å². The van der Waals surface area contributed by atoms with Crippen molar-refractivity contribution in [3.05, 3.63) is 34.7 Å². The highest BCUT2D eigenvalue weighted by Gasteiger charge is 2.19. The van der Waals surface area contributed by atoms with Crippen LogP contribution in [0, 0.1) is 0 Å². The van der Waals surface area contributed by atoms with Gasteiger partial charge in [0.05, 0.1) is 6.20 Å². The lowest BCUT2D eigenvalue weighted by Gasteiger charge is -2.10. The van der Waals surface area contributed by atoms with Gasteiger partial charge in [0.2, 0.25) is 10.0 Å². The quantitative estimate of drug-likeness (QED) is 0.497. The maximum absolute atomic E-state index is 12.3. The molecule has 0 bridgehead atoms. The summed E-state index contributed by atoms with van der Waals surface area (Å²) in [6.45, 7) is 0.255. The van der Waals surface area contributed by atoms with Gasteiger partial charge in [-0.3, -0.25) is 4.68 Å². The van der Waals surface area contributed by atoms with Crippen molar-refractivity contribution in [2.75, 3.05) is 12.0 Å². The lowest BCUT2D eigenvalue weighted by atomic mass is 10.3. The van der Waals surface area contributed by atoms with Crippen molar-refractivity contribution in [2.45, 2.75) is 11.3 Å². The molecule has 2 heterocycles. The average molecular weight is 375 g/mol. The molecule has 21 heavy (non-hydrogen) atoms. The van der Waals surface area contributed by atoms with Gasteiger partial charge in [0.15, 0.2) is 5.82 Å². The summed E-state index contributed by atoms with van der Waals surface area (Å²) in [6, 6.07) is 1.44. The molecule has 0 saturated heterocycles. The number of hydrogen-bond acceptors (Lipinski definition) is 6. The maximum atomic E-state index is 12.3. The molecule has 4 N–H and O–H groups in total. The molecule has 0 aliphatic heterocycles. The number of hydrogen-bond donors (Lipinski definition) is 3. The molecule has 2 aromatic heterocycles. The van der Waals surface area contributed by atoms with Crippen LogP contribution in [0.2, 0.25) is 0 Å². The van der Waals surface area contributed by atoms with E-state index in [9.17, 15) is 8.42 Å². The number of aryl methyl sites for hydroxylation is 1. The second-order valence-electron chi connectivity index (χ2n) is 4.31. The highest BCUT2D eigenvalue weighted by atomic mass is 79.9. The number of nitrogens with one attached hydrogen (secondary N) is 2.